The fraction of sp³-hybridized carbons (Fsp3) is 0.167. The Kier molecular flexibility index (Phi) is 7.41. The third kappa shape index (κ3) is 6.77. The van der Waals surface area contributed by atoms with Gasteiger partial charge in [0.25, 0.3) is 5.69 Å². The van der Waals surface area contributed by atoms with Gasteiger partial charge in [0.05, 0.1) is 11.1 Å². The molecule has 0 saturated heterocycles. The molecule has 27 heavy (non-hydrogen) atoms. The lowest BCUT2D eigenvalue weighted by Gasteiger charge is -2.08. The molecule has 0 aliphatic carbocycles. The van der Waals surface area contributed by atoms with Crippen LogP contribution in [0.2, 0.25) is 0 Å². The molecule has 0 aromatic heterocycles. The van der Waals surface area contributed by atoms with Gasteiger partial charge in [0.2, 0.25) is 11.8 Å². The molecular formula is C18H17IN4O4. The topological polar surface area (TPSA) is 114 Å². The molecule has 140 valence electrons. The van der Waals surface area contributed by atoms with Crippen LogP contribution >= 0.6 is 22.6 Å². The van der Waals surface area contributed by atoms with E-state index in [0.29, 0.717) is 5.56 Å². The fourth-order valence-corrected chi connectivity index (χ4v) is 2.77. The highest BCUT2D eigenvalue weighted by Crippen LogP contribution is 2.18. The summed E-state index contributed by atoms with van der Waals surface area (Å²) >= 11 is 2.19. The van der Waals surface area contributed by atoms with Gasteiger partial charge in [-0.3, -0.25) is 19.7 Å². The van der Waals surface area contributed by atoms with Gasteiger partial charge in [-0.15, -0.1) is 0 Å². The molecular weight excluding hydrogens is 463 g/mol. The van der Waals surface area contributed by atoms with E-state index in [1.807, 2.05) is 25.1 Å². The number of anilines is 1. The molecule has 2 N–H and O–H groups in total. The van der Waals surface area contributed by atoms with Crippen molar-refractivity contribution in [1.82, 2.24) is 5.43 Å². The fourth-order valence-electron chi connectivity index (χ4n) is 2.12. The summed E-state index contributed by atoms with van der Waals surface area (Å²) in [5.41, 5.74) is 4.57. The first-order valence-corrected chi connectivity index (χ1v) is 9.05. The maximum absolute atomic E-state index is 11.9. The lowest BCUT2D eigenvalue weighted by Crippen LogP contribution is -2.20. The second kappa shape index (κ2) is 9.76. The first-order chi connectivity index (χ1) is 12.8. The van der Waals surface area contributed by atoms with E-state index in [9.17, 15) is 19.7 Å². The number of rotatable bonds is 7. The van der Waals surface area contributed by atoms with E-state index in [2.05, 4.69) is 38.4 Å². The third-order valence-electron chi connectivity index (χ3n) is 3.55. The highest BCUT2D eigenvalue weighted by Gasteiger charge is 2.08. The number of non-ortho nitro benzene ring substituents is 1. The largest absolute Gasteiger partial charge is 0.326 e. The van der Waals surface area contributed by atoms with Gasteiger partial charge in [-0.05, 0) is 71.0 Å². The van der Waals surface area contributed by atoms with Crippen molar-refractivity contribution >= 4 is 52.0 Å². The summed E-state index contributed by atoms with van der Waals surface area (Å²) in [6, 6.07) is 11.4. The second-order valence-electron chi connectivity index (χ2n) is 5.65. The molecule has 0 aliphatic rings. The van der Waals surface area contributed by atoms with Crippen LogP contribution in [0.15, 0.2) is 47.6 Å². The van der Waals surface area contributed by atoms with E-state index in [-0.39, 0.29) is 24.4 Å². The molecule has 2 amide bonds. The van der Waals surface area contributed by atoms with Gasteiger partial charge in [0, 0.05) is 34.2 Å². The SMILES string of the molecule is Cc1cc(I)ccc1NC(=O)CCC(=O)N/N=C\c1ccc([N+](=O)[O-])cc1. The zero-order valence-corrected chi connectivity index (χ0v) is 16.6. The Hall–Kier alpha value is -2.82. The molecule has 0 atom stereocenters. The monoisotopic (exact) mass is 480 g/mol. The molecule has 0 radical (unpaired) electrons. The van der Waals surface area contributed by atoms with Gasteiger partial charge in [0.1, 0.15) is 0 Å². The third-order valence-corrected chi connectivity index (χ3v) is 4.22. The summed E-state index contributed by atoms with van der Waals surface area (Å²) < 4.78 is 1.08. The summed E-state index contributed by atoms with van der Waals surface area (Å²) in [7, 11) is 0. The first-order valence-electron chi connectivity index (χ1n) is 7.97. The van der Waals surface area contributed by atoms with Crippen LogP contribution in [0, 0.1) is 20.6 Å². The molecule has 2 aromatic rings. The maximum atomic E-state index is 11.9. The summed E-state index contributed by atoms with van der Waals surface area (Å²) in [4.78, 5) is 33.8. The van der Waals surface area contributed by atoms with Crippen LogP contribution in [-0.4, -0.2) is 23.0 Å². The van der Waals surface area contributed by atoms with Crippen LogP contribution in [0.5, 0.6) is 0 Å². The summed E-state index contributed by atoms with van der Waals surface area (Å²) in [6.45, 7) is 1.90. The molecule has 0 aliphatic heterocycles. The number of nitrogens with one attached hydrogen (secondary N) is 2. The molecule has 2 rings (SSSR count). The van der Waals surface area contributed by atoms with Crippen LogP contribution in [0.3, 0.4) is 0 Å². The molecule has 0 heterocycles. The van der Waals surface area contributed by atoms with E-state index in [0.717, 1.165) is 14.8 Å². The Balaban J connectivity index is 1.76. The van der Waals surface area contributed by atoms with Crippen molar-refractivity contribution in [2.75, 3.05) is 5.32 Å². The van der Waals surface area contributed by atoms with Crippen molar-refractivity contribution in [1.29, 1.82) is 0 Å². The molecule has 0 unspecified atom stereocenters. The minimum Gasteiger partial charge on any atom is -0.326 e. The van der Waals surface area contributed by atoms with E-state index >= 15 is 0 Å². The Labute approximate surface area is 169 Å². The van der Waals surface area contributed by atoms with Crippen molar-refractivity contribution in [3.05, 3.63) is 67.3 Å². The Morgan fingerprint density at radius 1 is 1.15 bits per heavy atom. The van der Waals surface area contributed by atoms with E-state index in [1.54, 1.807) is 0 Å². The number of nitro benzene ring substituents is 1. The molecule has 2 aromatic carbocycles. The Bertz CT molecular complexity index is 881. The summed E-state index contributed by atoms with van der Waals surface area (Å²) in [5.74, 6) is -0.656. The zero-order chi connectivity index (χ0) is 19.8. The van der Waals surface area contributed by atoms with Gasteiger partial charge < -0.3 is 5.32 Å². The van der Waals surface area contributed by atoms with Crippen LogP contribution in [0.1, 0.15) is 24.0 Å². The summed E-state index contributed by atoms with van der Waals surface area (Å²) in [6.07, 6.45) is 1.40. The molecule has 0 fully saturated rings. The van der Waals surface area contributed by atoms with Crippen LogP contribution in [0.4, 0.5) is 11.4 Å². The van der Waals surface area contributed by atoms with Crippen LogP contribution < -0.4 is 10.7 Å². The quantitative estimate of drug-likeness (QED) is 0.274. The average Bonchev–Trinajstić information content (AvgIpc) is 2.63. The number of amides is 2. The lowest BCUT2D eigenvalue weighted by atomic mass is 10.2. The van der Waals surface area contributed by atoms with Gasteiger partial charge in [0.15, 0.2) is 0 Å². The average molecular weight is 480 g/mol. The van der Waals surface area contributed by atoms with Gasteiger partial charge in [-0.1, -0.05) is 0 Å². The molecule has 0 saturated carbocycles. The number of nitro groups is 1. The molecule has 0 bridgehead atoms. The number of hydrogen-bond acceptors (Lipinski definition) is 5. The number of hydrazone groups is 1. The second-order valence-corrected chi connectivity index (χ2v) is 6.89. The predicted molar refractivity (Wildman–Crippen MR) is 111 cm³/mol. The minimum absolute atomic E-state index is 0.00709. The smallest absolute Gasteiger partial charge is 0.269 e. The Morgan fingerprint density at radius 2 is 1.81 bits per heavy atom. The first kappa shape index (κ1) is 20.5. The Morgan fingerprint density at radius 3 is 2.44 bits per heavy atom. The molecule has 9 heteroatoms. The standard InChI is InChI=1S/C18H17IN4O4/c1-12-10-14(19)4-7-16(12)21-17(24)8-9-18(25)22-20-11-13-2-5-15(6-3-13)23(26)27/h2-7,10-11H,8-9H2,1H3,(H,21,24)(H,22,25)/b20-11-. The maximum Gasteiger partial charge on any atom is 0.269 e. The lowest BCUT2D eigenvalue weighted by molar-refractivity contribution is -0.384. The molecule has 0 spiro atoms. The molecule has 8 nitrogen and oxygen atoms in total. The van der Waals surface area contributed by atoms with Crippen LogP contribution in [-0.2, 0) is 9.59 Å². The van der Waals surface area contributed by atoms with Crippen LogP contribution in [0.25, 0.3) is 0 Å². The predicted octanol–water partition coefficient (Wildman–Crippen LogP) is 3.38. The highest BCUT2D eigenvalue weighted by atomic mass is 127. The van der Waals surface area contributed by atoms with Crippen molar-refractivity contribution < 1.29 is 14.5 Å². The van der Waals surface area contributed by atoms with Crippen molar-refractivity contribution in [3.63, 3.8) is 0 Å². The number of halogens is 1. The zero-order valence-electron chi connectivity index (χ0n) is 14.4. The number of benzene rings is 2. The highest BCUT2D eigenvalue weighted by molar-refractivity contribution is 14.1. The number of carbonyl (C=O) groups excluding carboxylic acids is 2. The van der Waals surface area contributed by atoms with Gasteiger partial charge in [-0.2, -0.15) is 5.10 Å². The van der Waals surface area contributed by atoms with Gasteiger partial charge >= 0.3 is 0 Å². The van der Waals surface area contributed by atoms with Gasteiger partial charge in [-0.25, -0.2) is 5.43 Å². The van der Waals surface area contributed by atoms with Crippen molar-refractivity contribution in [2.45, 2.75) is 19.8 Å². The van der Waals surface area contributed by atoms with E-state index < -0.39 is 10.8 Å². The van der Waals surface area contributed by atoms with Crippen molar-refractivity contribution in [2.24, 2.45) is 5.10 Å². The number of nitrogens with zero attached hydrogens (tertiary/aromatic N) is 2. The number of aryl methyl sites for hydroxylation is 1. The van der Waals surface area contributed by atoms with E-state index in [4.69, 9.17) is 0 Å². The minimum atomic E-state index is -0.495. The number of hydrogen-bond donors (Lipinski definition) is 2. The normalized spacial score (nSPS) is 10.6. The summed E-state index contributed by atoms with van der Waals surface area (Å²) in [5, 5.41) is 17.1. The van der Waals surface area contributed by atoms with E-state index in [1.165, 1.54) is 30.5 Å². The van der Waals surface area contributed by atoms with Crippen molar-refractivity contribution in [3.8, 4) is 0 Å². The number of carbonyl (C=O) groups is 2.